The first-order valence-corrected chi connectivity index (χ1v) is 13.7. The molecule has 0 saturated heterocycles. The van der Waals surface area contributed by atoms with E-state index in [4.69, 9.17) is 0 Å². The lowest BCUT2D eigenvalue weighted by Gasteiger charge is -2.35. The van der Waals surface area contributed by atoms with Crippen LogP contribution in [0.25, 0.3) is 0 Å². The predicted octanol–water partition coefficient (Wildman–Crippen LogP) is 9.12. The van der Waals surface area contributed by atoms with Gasteiger partial charge in [0.15, 0.2) is 0 Å². The molecule has 0 spiro atoms. The van der Waals surface area contributed by atoms with Gasteiger partial charge in [-0.15, -0.1) is 0 Å². The summed E-state index contributed by atoms with van der Waals surface area (Å²) in [5.41, 5.74) is -0.863. The Morgan fingerprint density at radius 1 is 0.645 bits per heavy atom. The monoisotopic (exact) mass is 438 g/mol. The Labute approximate surface area is 194 Å². The number of aliphatic carboxylic acids is 1. The van der Waals surface area contributed by atoms with Crippen molar-refractivity contribution in [2.75, 3.05) is 0 Å². The quantitative estimate of drug-likeness (QED) is 0.162. The molecule has 0 radical (unpaired) electrons. The van der Waals surface area contributed by atoms with Crippen molar-refractivity contribution < 1.29 is 14.7 Å². The minimum atomic E-state index is -0.863. The highest BCUT2D eigenvalue weighted by molar-refractivity contribution is 5.87. The Hall–Kier alpha value is -0.860. The standard InChI is InChI=1S/C28H54O3/c1-5-8-10-11-12-13-14-15-16-17-18-19-20-21-22-23-26(25(4)29)28(7-3,27(30)31)24-9-6-2/h26H,5-24H2,1-4H3,(H,30,31). The van der Waals surface area contributed by atoms with Gasteiger partial charge in [-0.05, 0) is 26.2 Å². The third-order valence-corrected chi connectivity index (χ3v) is 7.29. The van der Waals surface area contributed by atoms with Crippen molar-refractivity contribution in [3.05, 3.63) is 0 Å². The molecule has 0 aromatic carbocycles. The molecule has 184 valence electrons. The number of rotatable bonds is 23. The van der Waals surface area contributed by atoms with E-state index < -0.39 is 11.4 Å². The molecule has 0 rings (SSSR count). The number of unbranched alkanes of at least 4 members (excludes halogenated alkanes) is 15. The number of ketones is 1. The van der Waals surface area contributed by atoms with E-state index in [0.29, 0.717) is 12.8 Å². The fourth-order valence-corrected chi connectivity index (χ4v) is 5.09. The lowest BCUT2D eigenvalue weighted by molar-refractivity contribution is -0.157. The third kappa shape index (κ3) is 13.3. The van der Waals surface area contributed by atoms with Crippen LogP contribution in [0, 0.1) is 11.3 Å². The maximum Gasteiger partial charge on any atom is 0.310 e. The number of carbonyl (C=O) groups is 2. The topological polar surface area (TPSA) is 54.4 Å². The Morgan fingerprint density at radius 3 is 1.35 bits per heavy atom. The van der Waals surface area contributed by atoms with Gasteiger partial charge < -0.3 is 5.11 Å². The summed E-state index contributed by atoms with van der Waals surface area (Å²) in [5.74, 6) is -1.04. The minimum absolute atomic E-state index is 0.0608. The number of hydrogen-bond acceptors (Lipinski definition) is 2. The van der Waals surface area contributed by atoms with E-state index in [1.165, 1.54) is 83.5 Å². The van der Waals surface area contributed by atoms with Gasteiger partial charge in [0.25, 0.3) is 0 Å². The van der Waals surface area contributed by atoms with Crippen LogP contribution in [0.1, 0.15) is 156 Å². The van der Waals surface area contributed by atoms with Crippen molar-refractivity contribution in [3.8, 4) is 0 Å². The molecule has 0 aliphatic rings. The zero-order chi connectivity index (χ0) is 23.4. The molecule has 2 unspecified atom stereocenters. The fourth-order valence-electron chi connectivity index (χ4n) is 5.09. The average Bonchev–Trinajstić information content (AvgIpc) is 2.74. The number of hydrogen-bond donors (Lipinski definition) is 1. The minimum Gasteiger partial charge on any atom is -0.481 e. The van der Waals surface area contributed by atoms with Gasteiger partial charge in [0.1, 0.15) is 5.78 Å². The van der Waals surface area contributed by atoms with Crippen LogP contribution in [0.3, 0.4) is 0 Å². The van der Waals surface area contributed by atoms with E-state index in [1.807, 2.05) is 6.92 Å². The van der Waals surface area contributed by atoms with Crippen molar-refractivity contribution in [1.82, 2.24) is 0 Å². The van der Waals surface area contributed by atoms with Gasteiger partial charge in [-0.3, -0.25) is 9.59 Å². The van der Waals surface area contributed by atoms with Crippen LogP contribution in [-0.2, 0) is 9.59 Å². The Bertz CT molecular complexity index is 446. The molecule has 3 heteroatoms. The molecule has 0 saturated carbocycles. The molecule has 0 bridgehead atoms. The molecular formula is C28H54O3. The first kappa shape index (κ1) is 30.1. The normalized spacial score (nSPS) is 14.3. The third-order valence-electron chi connectivity index (χ3n) is 7.29. The molecule has 2 atom stereocenters. The summed E-state index contributed by atoms with van der Waals surface area (Å²) in [7, 11) is 0. The van der Waals surface area contributed by atoms with Gasteiger partial charge >= 0.3 is 5.97 Å². The van der Waals surface area contributed by atoms with Gasteiger partial charge in [-0.1, -0.05) is 130 Å². The van der Waals surface area contributed by atoms with E-state index >= 15 is 0 Å². The maximum absolute atomic E-state index is 12.3. The second kappa shape index (κ2) is 19.8. The first-order valence-electron chi connectivity index (χ1n) is 13.7. The lowest BCUT2D eigenvalue weighted by Crippen LogP contribution is -2.41. The highest BCUT2D eigenvalue weighted by Crippen LogP contribution is 2.41. The van der Waals surface area contributed by atoms with E-state index in [9.17, 15) is 14.7 Å². The van der Waals surface area contributed by atoms with Crippen LogP contribution in [0.15, 0.2) is 0 Å². The van der Waals surface area contributed by atoms with E-state index in [0.717, 1.165) is 32.1 Å². The molecule has 0 aromatic rings. The molecule has 3 nitrogen and oxygen atoms in total. The van der Waals surface area contributed by atoms with Crippen LogP contribution in [0.2, 0.25) is 0 Å². The SMILES string of the molecule is CCCCCCCCCCCCCCCCCC(C(C)=O)C(CC)(CCCC)C(=O)O. The van der Waals surface area contributed by atoms with Crippen LogP contribution in [-0.4, -0.2) is 16.9 Å². The van der Waals surface area contributed by atoms with Crippen molar-refractivity contribution in [1.29, 1.82) is 0 Å². The summed E-state index contributed by atoms with van der Waals surface area (Å²) in [4.78, 5) is 24.4. The maximum atomic E-state index is 12.3. The van der Waals surface area contributed by atoms with Crippen molar-refractivity contribution in [3.63, 3.8) is 0 Å². The Balaban J connectivity index is 3.95. The van der Waals surface area contributed by atoms with Gasteiger partial charge in [-0.2, -0.15) is 0 Å². The zero-order valence-electron chi connectivity index (χ0n) is 21.5. The lowest BCUT2D eigenvalue weighted by atomic mass is 9.66. The van der Waals surface area contributed by atoms with Crippen LogP contribution >= 0.6 is 0 Å². The number of carboxylic acid groups (broad SMARTS) is 1. The number of carbonyl (C=O) groups excluding carboxylic acids is 1. The molecular weight excluding hydrogens is 384 g/mol. The molecule has 0 amide bonds. The summed E-state index contributed by atoms with van der Waals surface area (Å²) in [6.07, 6.45) is 23.6. The van der Waals surface area contributed by atoms with Gasteiger partial charge in [0.05, 0.1) is 5.41 Å². The Morgan fingerprint density at radius 2 is 1.03 bits per heavy atom. The van der Waals surface area contributed by atoms with Gasteiger partial charge in [-0.25, -0.2) is 0 Å². The summed E-state index contributed by atoms with van der Waals surface area (Å²) in [5, 5.41) is 9.94. The second-order valence-corrected chi connectivity index (χ2v) is 9.82. The summed E-state index contributed by atoms with van der Waals surface area (Å²) < 4.78 is 0. The Kier molecular flexibility index (Phi) is 19.2. The van der Waals surface area contributed by atoms with Crippen LogP contribution < -0.4 is 0 Å². The summed E-state index contributed by atoms with van der Waals surface area (Å²) in [6.45, 7) is 7.88. The van der Waals surface area contributed by atoms with Gasteiger partial charge in [0, 0.05) is 5.92 Å². The molecule has 0 heterocycles. The molecule has 0 aromatic heterocycles. The summed E-state index contributed by atoms with van der Waals surface area (Å²) >= 11 is 0. The number of Topliss-reactive ketones (excluding diaryl/α,β-unsaturated/α-hetero) is 1. The molecule has 0 aliphatic heterocycles. The molecule has 31 heavy (non-hydrogen) atoms. The second-order valence-electron chi connectivity index (χ2n) is 9.82. The largest absolute Gasteiger partial charge is 0.481 e. The van der Waals surface area contributed by atoms with Crippen LogP contribution in [0.5, 0.6) is 0 Å². The predicted molar refractivity (Wildman–Crippen MR) is 134 cm³/mol. The van der Waals surface area contributed by atoms with Gasteiger partial charge in [0.2, 0.25) is 0 Å². The molecule has 0 fully saturated rings. The highest BCUT2D eigenvalue weighted by Gasteiger charge is 2.45. The summed E-state index contributed by atoms with van der Waals surface area (Å²) in [6, 6.07) is 0. The highest BCUT2D eigenvalue weighted by atomic mass is 16.4. The average molecular weight is 439 g/mol. The van der Waals surface area contributed by atoms with Crippen molar-refractivity contribution in [2.24, 2.45) is 11.3 Å². The van der Waals surface area contributed by atoms with Crippen molar-refractivity contribution >= 4 is 11.8 Å². The first-order chi connectivity index (χ1) is 15.0. The smallest absolute Gasteiger partial charge is 0.310 e. The van der Waals surface area contributed by atoms with E-state index in [1.54, 1.807) is 6.92 Å². The van der Waals surface area contributed by atoms with E-state index in [2.05, 4.69) is 13.8 Å². The fraction of sp³-hybridized carbons (Fsp3) is 0.929. The van der Waals surface area contributed by atoms with E-state index in [-0.39, 0.29) is 11.7 Å². The number of carboxylic acids is 1. The molecule has 1 N–H and O–H groups in total. The zero-order valence-corrected chi connectivity index (χ0v) is 21.5. The molecule has 0 aliphatic carbocycles. The van der Waals surface area contributed by atoms with Crippen molar-refractivity contribution in [2.45, 2.75) is 156 Å². The van der Waals surface area contributed by atoms with Crippen LogP contribution in [0.4, 0.5) is 0 Å².